The van der Waals surface area contributed by atoms with Gasteiger partial charge in [-0.1, -0.05) is 6.07 Å². The van der Waals surface area contributed by atoms with E-state index >= 15 is 0 Å². The zero-order chi connectivity index (χ0) is 21.4. The van der Waals surface area contributed by atoms with Crippen molar-refractivity contribution in [3.05, 3.63) is 63.5 Å². The van der Waals surface area contributed by atoms with Crippen LogP contribution >= 0.6 is 22.7 Å². The van der Waals surface area contributed by atoms with Crippen molar-refractivity contribution in [1.29, 1.82) is 0 Å². The summed E-state index contributed by atoms with van der Waals surface area (Å²) in [7, 11) is 3.77. The number of hydrazone groups is 1. The summed E-state index contributed by atoms with van der Waals surface area (Å²) < 4.78 is 3.96. The third kappa shape index (κ3) is 3.75. The molecule has 10 heteroatoms. The molecular weight excluding hydrogens is 430 g/mol. The minimum Gasteiger partial charge on any atom is -0.325 e. The predicted octanol–water partition coefficient (Wildman–Crippen LogP) is 3.84. The molecule has 0 bridgehead atoms. The quantitative estimate of drug-likeness (QED) is 0.232. The van der Waals surface area contributed by atoms with Crippen LogP contribution in [-0.2, 0) is 20.0 Å². The Bertz CT molecular complexity index is 1390. The first-order chi connectivity index (χ1) is 15.1. The number of aromatic nitrogens is 5. The molecule has 0 saturated carbocycles. The summed E-state index contributed by atoms with van der Waals surface area (Å²) in [5.74, 6) is 0. The van der Waals surface area contributed by atoms with Crippen LogP contribution in [0.25, 0.3) is 20.6 Å². The molecule has 0 aliphatic heterocycles. The monoisotopic (exact) mass is 449 g/mol. The molecule has 4 aromatic heterocycles. The molecule has 1 N–H and O–H groups in total. The molecule has 5 rings (SSSR count). The van der Waals surface area contributed by atoms with E-state index in [1.807, 2.05) is 35.2 Å². The Labute approximate surface area is 185 Å². The molecule has 0 unspecified atom stereocenters. The number of benzene rings is 1. The van der Waals surface area contributed by atoms with Crippen molar-refractivity contribution in [2.24, 2.45) is 12.1 Å². The first-order valence-electron chi connectivity index (χ1n) is 9.61. The molecule has 4 heterocycles. The molecule has 5 aromatic rings. The zero-order valence-electron chi connectivity index (χ0n) is 16.9. The second-order valence-electron chi connectivity index (χ2n) is 7.21. The first-order valence-corrected chi connectivity index (χ1v) is 11.3. The Kier molecular flexibility index (Phi) is 5.08. The van der Waals surface area contributed by atoms with Crippen LogP contribution in [0.3, 0.4) is 0 Å². The number of nitrogens with one attached hydrogen (secondary N) is 1. The normalized spacial score (nSPS) is 11.8. The standard InChI is InChI=1S/C21H19N7OS2/c1-27(10-13-3-4-18-16(7-13)22-12-30-18)24-9-15-17(11-29)28(2)21-20(15)31-19(25-21)8-14-5-6-23-26-14/h3-7,9,11-12H,8,10H2,1-2H3,(H,23,26)/b24-9-. The van der Waals surface area contributed by atoms with E-state index in [9.17, 15) is 4.79 Å². The lowest BCUT2D eigenvalue weighted by molar-refractivity contribution is 0.111. The van der Waals surface area contributed by atoms with Gasteiger partial charge in [-0.25, -0.2) is 9.97 Å². The molecule has 0 atom stereocenters. The Hall–Kier alpha value is -3.37. The number of carbonyl (C=O) groups excluding carboxylic acids is 1. The van der Waals surface area contributed by atoms with Crippen LogP contribution in [-0.4, -0.2) is 49.3 Å². The molecule has 0 spiro atoms. The van der Waals surface area contributed by atoms with E-state index < -0.39 is 0 Å². The maximum Gasteiger partial charge on any atom is 0.167 e. The molecule has 8 nitrogen and oxygen atoms in total. The van der Waals surface area contributed by atoms with Gasteiger partial charge >= 0.3 is 0 Å². The average Bonchev–Trinajstić information content (AvgIpc) is 3.53. The first kappa shape index (κ1) is 19.6. The van der Waals surface area contributed by atoms with Gasteiger partial charge in [0.15, 0.2) is 11.9 Å². The van der Waals surface area contributed by atoms with Crippen LogP contribution in [0.1, 0.15) is 32.3 Å². The summed E-state index contributed by atoms with van der Waals surface area (Å²) >= 11 is 3.21. The maximum atomic E-state index is 11.8. The highest BCUT2D eigenvalue weighted by molar-refractivity contribution is 7.19. The molecule has 0 saturated heterocycles. The highest BCUT2D eigenvalue weighted by atomic mass is 32.1. The van der Waals surface area contributed by atoms with Crippen molar-refractivity contribution in [2.45, 2.75) is 13.0 Å². The number of nitrogens with zero attached hydrogens (tertiary/aromatic N) is 6. The summed E-state index contributed by atoms with van der Waals surface area (Å²) in [6.45, 7) is 0.643. The Balaban J connectivity index is 1.41. The third-order valence-corrected chi connectivity index (χ3v) is 6.94. The largest absolute Gasteiger partial charge is 0.325 e. The smallest absolute Gasteiger partial charge is 0.167 e. The highest BCUT2D eigenvalue weighted by Crippen LogP contribution is 2.30. The molecule has 0 aliphatic rings. The number of H-pyrrole nitrogens is 1. The van der Waals surface area contributed by atoms with Gasteiger partial charge in [0.25, 0.3) is 0 Å². The van der Waals surface area contributed by atoms with Crippen LogP contribution in [0.15, 0.2) is 41.1 Å². The van der Waals surface area contributed by atoms with Gasteiger partial charge in [0.2, 0.25) is 0 Å². The van der Waals surface area contributed by atoms with Crippen molar-refractivity contribution < 1.29 is 4.79 Å². The molecule has 31 heavy (non-hydrogen) atoms. The number of hydrogen-bond acceptors (Lipinski definition) is 8. The SMILES string of the molecule is CN(Cc1ccc2scnc2c1)/N=C\c1c(C=O)n(C)c2nc(Cc3ccn[nH]3)sc12. The molecule has 0 radical (unpaired) electrons. The molecule has 1 aromatic carbocycles. The summed E-state index contributed by atoms with van der Waals surface area (Å²) in [6, 6.07) is 8.20. The second-order valence-corrected chi connectivity index (χ2v) is 9.18. The van der Waals surface area contributed by atoms with E-state index in [0.717, 1.165) is 44.0 Å². The minimum atomic E-state index is 0.572. The lowest BCUT2D eigenvalue weighted by Crippen LogP contribution is -2.11. The van der Waals surface area contributed by atoms with Gasteiger partial charge in [0, 0.05) is 38.0 Å². The number of hydrogen-bond donors (Lipinski definition) is 1. The lowest BCUT2D eigenvalue weighted by Gasteiger charge is -2.12. The number of rotatable bonds is 7. The number of thiazole rings is 2. The van der Waals surface area contributed by atoms with Gasteiger partial charge in [0.05, 0.1) is 38.9 Å². The predicted molar refractivity (Wildman–Crippen MR) is 124 cm³/mol. The van der Waals surface area contributed by atoms with E-state index in [4.69, 9.17) is 4.98 Å². The number of carbonyl (C=O) groups is 1. The molecular formula is C21H19N7OS2. The average molecular weight is 450 g/mol. The summed E-state index contributed by atoms with van der Waals surface area (Å²) in [6.07, 6.45) is 5.02. The van der Waals surface area contributed by atoms with E-state index in [-0.39, 0.29) is 0 Å². The van der Waals surface area contributed by atoms with Crippen molar-refractivity contribution in [1.82, 2.24) is 29.7 Å². The summed E-state index contributed by atoms with van der Waals surface area (Å²) in [5, 5.41) is 14.4. The van der Waals surface area contributed by atoms with Crippen LogP contribution in [0.4, 0.5) is 0 Å². The zero-order valence-corrected chi connectivity index (χ0v) is 18.6. The second kappa shape index (κ2) is 8.05. The summed E-state index contributed by atoms with van der Waals surface area (Å²) in [5.41, 5.74) is 7.15. The third-order valence-electron chi connectivity index (χ3n) is 5.06. The fourth-order valence-electron chi connectivity index (χ4n) is 3.52. The molecule has 0 aliphatic carbocycles. The molecule has 0 fully saturated rings. The molecule has 156 valence electrons. The van der Waals surface area contributed by atoms with Gasteiger partial charge in [0.1, 0.15) is 5.01 Å². The minimum absolute atomic E-state index is 0.572. The van der Waals surface area contributed by atoms with Crippen LogP contribution < -0.4 is 0 Å². The number of fused-ring (bicyclic) bond motifs is 2. The number of aromatic amines is 1. The van der Waals surface area contributed by atoms with Crippen molar-refractivity contribution in [3.63, 3.8) is 0 Å². The van der Waals surface area contributed by atoms with Crippen molar-refractivity contribution >= 4 is 55.7 Å². The molecule has 0 amide bonds. The van der Waals surface area contributed by atoms with Gasteiger partial charge in [-0.3, -0.25) is 14.9 Å². The number of aldehydes is 1. The van der Waals surface area contributed by atoms with Gasteiger partial charge in [-0.05, 0) is 23.8 Å². The Morgan fingerprint density at radius 1 is 1.32 bits per heavy atom. The van der Waals surface area contributed by atoms with Crippen molar-refractivity contribution in [3.8, 4) is 0 Å². The summed E-state index contributed by atoms with van der Waals surface area (Å²) in [4.78, 5) is 20.9. The maximum absolute atomic E-state index is 11.8. The number of aryl methyl sites for hydroxylation is 1. The van der Waals surface area contributed by atoms with Crippen molar-refractivity contribution in [2.75, 3.05) is 7.05 Å². The fourth-order valence-corrected chi connectivity index (χ4v) is 5.32. The van der Waals surface area contributed by atoms with E-state index in [1.54, 1.807) is 35.1 Å². The Morgan fingerprint density at radius 3 is 3.03 bits per heavy atom. The van der Waals surface area contributed by atoms with Crippen LogP contribution in [0.2, 0.25) is 0 Å². The van der Waals surface area contributed by atoms with E-state index in [0.29, 0.717) is 18.7 Å². The van der Waals surface area contributed by atoms with E-state index in [1.165, 1.54) is 4.70 Å². The van der Waals surface area contributed by atoms with Gasteiger partial charge in [-0.15, -0.1) is 22.7 Å². The van der Waals surface area contributed by atoms with Gasteiger partial charge in [-0.2, -0.15) is 10.2 Å². The topological polar surface area (TPSA) is 92.1 Å². The highest BCUT2D eigenvalue weighted by Gasteiger charge is 2.18. The Morgan fingerprint density at radius 2 is 2.23 bits per heavy atom. The fraction of sp³-hybridized carbons (Fsp3) is 0.190. The lowest BCUT2D eigenvalue weighted by atomic mass is 10.2. The van der Waals surface area contributed by atoms with Crippen LogP contribution in [0.5, 0.6) is 0 Å². The van der Waals surface area contributed by atoms with E-state index in [2.05, 4.69) is 38.5 Å². The van der Waals surface area contributed by atoms with Crippen LogP contribution in [0, 0.1) is 0 Å². The van der Waals surface area contributed by atoms with Gasteiger partial charge < -0.3 is 4.57 Å².